The molecule has 0 aliphatic carbocycles. The van der Waals surface area contributed by atoms with E-state index in [9.17, 15) is 0 Å². The summed E-state index contributed by atoms with van der Waals surface area (Å²) in [5.41, 5.74) is 8.50. The summed E-state index contributed by atoms with van der Waals surface area (Å²) < 4.78 is 4.63. The summed E-state index contributed by atoms with van der Waals surface area (Å²) in [5.74, 6) is 0. The number of fused-ring (bicyclic) bond motifs is 5. The largest absolute Gasteiger partial charge is 0.288 e. The first-order valence-corrected chi connectivity index (χ1v) is 13.6. The van der Waals surface area contributed by atoms with Gasteiger partial charge in [-0.25, -0.2) is 4.98 Å². The average Bonchev–Trinajstić information content (AvgIpc) is 3.27. The first-order chi connectivity index (χ1) is 18.8. The number of pyridine rings is 2. The molecule has 0 saturated heterocycles. The number of para-hydroxylation sites is 1. The van der Waals surface area contributed by atoms with Gasteiger partial charge in [0.05, 0.1) is 16.5 Å². The van der Waals surface area contributed by atoms with Crippen LogP contribution in [0, 0.1) is 6.92 Å². The van der Waals surface area contributed by atoms with E-state index in [4.69, 9.17) is 4.98 Å². The van der Waals surface area contributed by atoms with Gasteiger partial charge in [-0.2, -0.15) is 4.57 Å². The van der Waals surface area contributed by atoms with Crippen LogP contribution in [-0.2, 0) is 12.5 Å². The number of aromatic nitrogens is 3. The van der Waals surface area contributed by atoms with Crippen molar-refractivity contribution in [3.63, 3.8) is 0 Å². The summed E-state index contributed by atoms with van der Waals surface area (Å²) in [7, 11) is 2.18. The maximum atomic E-state index is 4.85. The molecule has 0 saturated carbocycles. The van der Waals surface area contributed by atoms with Gasteiger partial charge in [0.2, 0.25) is 5.69 Å². The van der Waals surface area contributed by atoms with Gasteiger partial charge in [0, 0.05) is 22.4 Å². The SMILES string of the molecule is Cc1c(-c2c3ccccc3c(-n3c4ccccc4c4cccnc43)c[n+]2C)cc(C(C)(C)C)c2ccccc12. The van der Waals surface area contributed by atoms with Crippen LogP contribution in [0.5, 0.6) is 0 Å². The molecule has 0 N–H and O–H groups in total. The van der Waals surface area contributed by atoms with E-state index in [2.05, 4.69) is 135 Å². The van der Waals surface area contributed by atoms with Gasteiger partial charge in [0.15, 0.2) is 6.20 Å². The lowest BCUT2D eigenvalue weighted by molar-refractivity contribution is -0.658. The minimum atomic E-state index is 0.0189. The van der Waals surface area contributed by atoms with Crippen molar-refractivity contribution in [1.82, 2.24) is 9.55 Å². The Balaban J connectivity index is 1.60. The summed E-state index contributed by atoms with van der Waals surface area (Å²) >= 11 is 0. The molecule has 190 valence electrons. The van der Waals surface area contributed by atoms with Crippen molar-refractivity contribution in [2.24, 2.45) is 7.05 Å². The molecule has 3 aromatic heterocycles. The second-order valence-electron chi connectivity index (χ2n) is 11.6. The van der Waals surface area contributed by atoms with Gasteiger partial charge in [-0.15, -0.1) is 0 Å². The predicted molar refractivity (Wildman–Crippen MR) is 164 cm³/mol. The zero-order valence-corrected chi connectivity index (χ0v) is 23.2. The molecule has 39 heavy (non-hydrogen) atoms. The first-order valence-electron chi connectivity index (χ1n) is 13.6. The minimum Gasteiger partial charge on any atom is -0.288 e. The molecule has 4 aromatic carbocycles. The van der Waals surface area contributed by atoms with Gasteiger partial charge in [-0.1, -0.05) is 81.4 Å². The van der Waals surface area contributed by atoms with Crippen LogP contribution in [0.25, 0.3) is 60.4 Å². The zero-order chi connectivity index (χ0) is 26.9. The van der Waals surface area contributed by atoms with Crippen LogP contribution >= 0.6 is 0 Å². The Labute approximate surface area is 229 Å². The van der Waals surface area contributed by atoms with Crippen LogP contribution in [0.1, 0.15) is 31.9 Å². The third kappa shape index (κ3) is 3.50. The van der Waals surface area contributed by atoms with E-state index >= 15 is 0 Å². The molecule has 0 aliphatic rings. The third-order valence-electron chi connectivity index (χ3n) is 8.18. The molecular weight excluding hydrogens is 474 g/mol. The van der Waals surface area contributed by atoms with Gasteiger partial charge < -0.3 is 0 Å². The van der Waals surface area contributed by atoms with Crippen molar-refractivity contribution in [3.05, 3.63) is 115 Å². The molecule has 0 bridgehead atoms. The molecule has 0 radical (unpaired) electrons. The van der Waals surface area contributed by atoms with Crippen LogP contribution in [0.2, 0.25) is 0 Å². The number of hydrogen-bond acceptors (Lipinski definition) is 1. The smallest absolute Gasteiger partial charge is 0.220 e. The van der Waals surface area contributed by atoms with E-state index in [1.807, 2.05) is 12.3 Å². The summed E-state index contributed by atoms with van der Waals surface area (Å²) in [5, 5.41) is 7.49. The molecule has 0 atom stereocenters. The van der Waals surface area contributed by atoms with Crippen molar-refractivity contribution in [1.29, 1.82) is 0 Å². The van der Waals surface area contributed by atoms with Crippen LogP contribution in [0.15, 0.2) is 103 Å². The van der Waals surface area contributed by atoms with Gasteiger partial charge >= 0.3 is 0 Å². The van der Waals surface area contributed by atoms with E-state index in [1.165, 1.54) is 60.2 Å². The fourth-order valence-electron chi connectivity index (χ4n) is 6.36. The van der Waals surface area contributed by atoms with Crippen LogP contribution in [0.4, 0.5) is 0 Å². The highest BCUT2D eigenvalue weighted by molar-refractivity contribution is 6.10. The fraction of sp³-hybridized carbons (Fsp3) is 0.167. The normalized spacial score (nSPS) is 12.2. The monoisotopic (exact) mass is 506 g/mol. The lowest BCUT2D eigenvalue weighted by Gasteiger charge is -2.24. The van der Waals surface area contributed by atoms with Crippen molar-refractivity contribution >= 4 is 43.5 Å². The van der Waals surface area contributed by atoms with E-state index < -0.39 is 0 Å². The lowest BCUT2D eigenvalue weighted by Crippen LogP contribution is -2.32. The molecule has 0 fully saturated rings. The Morgan fingerprint density at radius 1 is 0.692 bits per heavy atom. The summed E-state index contributed by atoms with van der Waals surface area (Å²) in [6, 6.07) is 32.9. The Morgan fingerprint density at radius 3 is 2.05 bits per heavy atom. The average molecular weight is 507 g/mol. The number of nitrogens with zero attached hydrogens (tertiary/aromatic N) is 3. The van der Waals surface area contributed by atoms with E-state index in [0.29, 0.717) is 0 Å². The highest BCUT2D eigenvalue weighted by Gasteiger charge is 2.27. The highest BCUT2D eigenvalue weighted by atomic mass is 15.1. The maximum Gasteiger partial charge on any atom is 0.220 e. The third-order valence-corrected chi connectivity index (χ3v) is 8.18. The Morgan fingerprint density at radius 2 is 1.31 bits per heavy atom. The Kier molecular flexibility index (Phi) is 5.15. The van der Waals surface area contributed by atoms with Crippen LogP contribution in [0.3, 0.4) is 0 Å². The quantitative estimate of drug-likeness (QED) is 0.215. The van der Waals surface area contributed by atoms with E-state index in [0.717, 1.165) is 11.3 Å². The van der Waals surface area contributed by atoms with Crippen molar-refractivity contribution < 1.29 is 4.57 Å². The Hall–Kier alpha value is -4.50. The number of rotatable bonds is 2. The van der Waals surface area contributed by atoms with Crippen LogP contribution in [-0.4, -0.2) is 9.55 Å². The fourth-order valence-corrected chi connectivity index (χ4v) is 6.36. The van der Waals surface area contributed by atoms with E-state index in [-0.39, 0.29) is 5.41 Å². The second-order valence-corrected chi connectivity index (χ2v) is 11.6. The van der Waals surface area contributed by atoms with Gasteiger partial charge in [0.1, 0.15) is 18.4 Å². The standard InChI is InChI=1S/C36H32N3/c1-23-24-13-6-7-14-25(24)31(36(2,3)4)21-30(23)34-28-17-9-8-15-26(28)33(22-38(34)5)39-32-19-11-10-16-27(32)29-18-12-20-37-35(29)39/h6-22H,1-5H3/q+1. The highest BCUT2D eigenvalue weighted by Crippen LogP contribution is 2.40. The molecule has 3 heteroatoms. The molecule has 7 aromatic rings. The molecule has 0 spiro atoms. The van der Waals surface area contributed by atoms with Gasteiger partial charge in [-0.05, 0) is 64.6 Å². The molecule has 0 unspecified atom stereocenters. The summed E-state index contributed by atoms with van der Waals surface area (Å²) in [6.45, 7) is 9.20. The van der Waals surface area contributed by atoms with Crippen molar-refractivity contribution in [3.8, 4) is 16.9 Å². The number of aryl methyl sites for hydroxylation is 2. The predicted octanol–water partition coefficient (Wildman–Crippen LogP) is 8.58. The topological polar surface area (TPSA) is 21.7 Å². The molecule has 0 aliphatic heterocycles. The molecule has 0 amide bonds. The summed E-state index contributed by atoms with van der Waals surface area (Å²) in [4.78, 5) is 4.85. The van der Waals surface area contributed by atoms with Crippen molar-refractivity contribution in [2.75, 3.05) is 0 Å². The van der Waals surface area contributed by atoms with Crippen LogP contribution < -0.4 is 4.57 Å². The molecule has 3 nitrogen and oxygen atoms in total. The van der Waals surface area contributed by atoms with Gasteiger partial charge in [-0.3, -0.25) is 4.57 Å². The molecular formula is C36H32N3+. The molecule has 7 rings (SSSR count). The maximum absolute atomic E-state index is 4.85. The lowest BCUT2D eigenvalue weighted by atomic mass is 9.80. The summed E-state index contributed by atoms with van der Waals surface area (Å²) in [6.07, 6.45) is 4.17. The zero-order valence-electron chi connectivity index (χ0n) is 23.2. The minimum absolute atomic E-state index is 0.0189. The second kappa shape index (κ2) is 8.51. The van der Waals surface area contributed by atoms with Crippen molar-refractivity contribution in [2.45, 2.75) is 33.1 Å². The number of hydrogen-bond donors (Lipinski definition) is 0. The van der Waals surface area contributed by atoms with E-state index in [1.54, 1.807) is 0 Å². The Bertz CT molecular complexity index is 2020. The number of benzene rings is 4. The molecule has 3 heterocycles. The van der Waals surface area contributed by atoms with Gasteiger partial charge in [0.25, 0.3) is 0 Å². The first kappa shape index (κ1) is 23.6.